The molecule has 2 heterocycles. The maximum absolute atomic E-state index is 13.2. The number of ether oxygens (including phenoxy) is 2. The molecule has 1 saturated carbocycles. The van der Waals surface area contributed by atoms with Crippen molar-refractivity contribution in [1.82, 2.24) is 20.2 Å². The number of hydrogen-bond donors (Lipinski definition) is 3. The summed E-state index contributed by atoms with van der Waals surface area (Å²) in [6, 6.07) is 11.7. The first-order valence-electron chi connectivity index (χ1n) is 11.3. The maximum Gasteiger partial charge on any atom is 0.251 e. The van der Waals surface area contributed by atoms with Gasteiger partial charge in [-0.05, 0) is 54.8 Å². The highest BCUT2D eigenvalue weighted by molar-refractivity contribution is 7.89. The molecule has 0 radical (unpaired) electrons. The number of rotatable bonds is 7. The van der Waals surface area contributed by atoms with Gasteiger partial charge in [0.1, 0.15) is 0 Å². The van der Waals surface area contributed by atoms with Crippen molar-refractivity contribution in [3.05, 3.63) is 59.8 Å². The van der Waals surface area contributed by atoms with Crippen LogP contribution in [0.15, 0.2) is 53.6 Å². The Morgan fingerprint density at radius 1 is 1.03 bits per heavy atom. The summed E-state index contributed by atoms with van der Waals surface area (Å²) in [6.45, 7) is 0.434. The van der Waals surface area contributed by atoms with Gasteiger partial charge in [0.15, 0.2) is 11.5 Å². The van der Waals surface area contributed by atoms with E-state index in [0.29, 0.717) is 22.8 Å². The fraction of sp³-hybridized carbons (Fsp3) is 0.333. The Balaban J connectivity index is 1.39. The van der Waals surface area contributed by atoms with E-state index in [4.69, 9.17) is 9.47 Å². The van der Waals surface area contributed by atoms with Gasteiger partial charge in [0, 0.05) is 29.9 Å². The Hall–Kier alpha value is -3.37. The number of nitrogens with one attached hydrogen (secondary N) is 3. The number of aromatic nitrogens is 2. The minimum Gasteiger partial charge on any atom is -0.454 e. The molecule has 2 aliphatic rings. The van der Waals surface area contributed by atoms with Crippen molar-refractivity contribution in [2.24, 2.45) is 0 Å². The highest BCUT2D eigenvalue weighted by Gasteiger charge is 2.24. The molecule has 2 aromatic carbocycles. The number of nitrogens with zero attached hydrogens (tertiary/aromatic N) is 1. The van der Waals surface area contributed by atoms with E-state index in [9.17, 15) is 13.2 Å². The maximum atomic E-state index is 13.2. The Labute approximate surface area is 197 Å². The van der Waals surface area contributed by atoms with Gasteiger partial charge in [0.2, 0.25) is 16.8 Å². The number of amides is 1. The van der Waals surface area contributed by atoms with Crippen molar-refractivity contribution in [2.75, 3.05) is 6.79 Å². The van der Waals surface area contributed by atoms with Crippen molar-refractivity contribution < 1.29 is 22.7 Å². The first-order valence-corrected chi connectivity index (χ1v) is 12.8. The van der Waals surface area contributed by atoms with Crippen LogP contribution in [0.3, 0.4) is 0 Å². The first-order chi connectivity index (χ1) is 16.5. The lowest BCUT2D eigenvalue weighted by Gasteiger charge is -2.23. The van der Waals surface area contributed by atoms with Crippen molar-refractivity contribution in [1.29, 1.82) is 0 Å². The lowest BCUT2D eigenvalue weighted by atomic mass is 9.96. The lowest BCUT2D eigenvalue weighted by Crippen LogP contribution is -2.36. The Kier molecular flexibility index (Phi) is 6.25. The monoisotopic (exact) mass is 482 g/mol. The van der Waals surface area contributed by atoms with E-state index in [0.717, 1.165) is 37.7 Å². The molecule has 1 fully saturated rings. The van der Waals surface area contributed by atoms with Crippen LogP contribution in [0.5, 0.6) is 11.5 Å². The molecule has 0 atom stereocenters. The summed E-state index contributed by atoms with van der Waals surface area (Å²) in [6.07, 6.45) is 6.37. The Bertz CT molecular complexity index is 1280. The van der Waals surface area contributed by atoms with Crippen LogP contribution < -0.4 is 19.5 Å². The summed E-state index contributed by atoms with van der Waals surface area (Å²) in [5, 5.41) is 9.65. The van der Waals surface area contributed by atoms with Crippen LogP contribution in [0.2, 0.25) is 0 Å². The van der Waals surface area contributed by atoms with Crippen LogP contribution >= 0.6 is 0 Å². The number of carbonyl (C=O) groups is 1. The molecule has 3 N–H and O–H groups in total. The van der Waals surface area contributed by atoms with E-state index in [2.05, 4.69) is 20.2 Å². The van der Waals surface area contributed by atoms with Crippen molar-refractivity contribution in [2.45, 2.75) is 49.6 Å². The fourth-order valence-corrected chi connectivity index (χ4v) is 5.68. The van der Waals surface area contributed by atoms with Gasteiger partial charge in [-0.1, -0.05) is 25.3 Å². The SMILES string of the molecule is O=C(NCc1ccc2c(c1)OCO2)c1cc(-c2ccn[nH]2)cc(S(=O)(=O)NC2CCCCC2)c1. The second kappa shape index (κ2) is 9.47. The van der Waals surface area contributed by atoms with E-state index >= 15 is 0 Å². The van der Waals surface area contributed by atoms with Gasteiger partial charge in [-0.25, -0.2) is 13.1 Å². The second-order valence-electron chi connectivity index (χ2n) is 8.54. The molecule has 1 aromatic heterocycles. The summed E-state index contributed by atoms with van der Waals surface area (Å²) in [7, 11) is -3.80. The number of hydrogen-bond acceptors (Lipinski definition) is 6. The summed E-state index contributed by atoms with van der Waals surface area (Å²) in [5.74, 6) is 0.922. The third kappa shape index (κ3) is 4.92. The molecule has 10 heteroatoms. The Morgan fingerprint density at radius 3 is 2.65 bits per heavy atom. The number of H-pyrrole nitrogens is 1. The molecule has 1 aliphatic heterocycles. The van der Waals surface area contributed by atoms with Crippen molar-refractivity contribution in [3.8, 4) is 22.8 Å². The van der Waals surface area contributed by atoms with E-state index in [-0.39, 0.29) is 35.7 Å². The van der Waals surface area contributed by atoms with Crippen LogP contribution in [0.4, 0.5) is 0 Å². The van der Waals surface area contributed by atoms with Gasteiger partial charge >= 0.3 is 0 Å². The molecular weight excluding hydrogens is 456 g/mol. The normalized spacial score (nSPS) is 15.9. The van der Waals surface area contributed by atoms with E-state index in [1.54, 1.807) is 30.5 Å². The molecule has 9 nitrogen and oxygen atoms in total. The molecular formula is C24H26N4O5S. The van der Waals surface area contributed by atoms with Crippen LogP contribution in [0.1, 0.15) is 48.0 Å². The summed E-state index contributed by atoms with van der Waals surface area (Å²) in [4.78, 5) is 13.1. The zero-order valence-electron chi connectivity index (χ0n) is 18.5. The summed E-state index contributed by atoms with van der Waals surface area (Å²) < 4.78 is 39.9. The van der Waals surface area contributed by atoms with Gasteiger partial charge in [0.25, 0.3) is 5.91 Å². The van der Waals surface area contributed by atoms with Gasteiger partial charge < -0.3 is 14.8 Å². The number of carbonyl (C=O) groups excluding carboxylic acids is 1. The van der Waals surface area contributed by atoms with Crippen LogP contribution in [0, 0.1) is 0 Å². The number of aromatic amines is 1. The third-order valence-corrected chi connectivity index (χ3v) is 7.61. The van der Waals surface area contributed by atoms with Gasteiger partial charge in [-0.3, -0.25) is 9.89 Å². The smallest absolute Gasteiger partial charge is 0.251 e. The molecule has 178 valence electrons. The largest absolute Gasteiger partial charge is 0.454 e. The molecule has 3 aromatic rings. The fourth-order valence-electron chi connectivity index (χ4n) is 4.30. The topological polar surface area (TPSA) is 122 Å². The molecule has 0 unspecified atom stereocenters. The predicted octanol–water partition coefficient (Wildman–Crippen LogP) is 3.35. The van der Waals surface area contributed by atoms with E-state index in [1.807, 2.05) is 12.1 Å². The van der Waals surface area contributed by atoms with E-state index < -0.39 is 10.0 Å². The van der Waals surface area contributed by atoms with Crippen LogP contribution in [-0.2, 0) is 16.6 Å². The van der Waals surface area contributed by atoms with E-state index in [1.165, 1.54) is 6.07 Å². The minimum atomic E-state index is -3.80. The first kappa shape index (κ1) is 22.4. The second-order valence-corrected chi connectivity index (χ2v) is 10.3. The zero-order chi connectivity index (χ0) is 23.5. The summed E-state index contributed by atoms with van der Waals surface area (Å²) in [5.41, 5.74) is 2.28. The minimum absolute atomic E-state index is 0.0541. The lowest BCUT2D eigenvalue weighted by molar-refractivity contribution is 0.0950. The van der Waals surface area contributed by atoms with Gasteiger partial charge in [-0.2, -0.15) is 5.10 Å². The molecule has 0 saturated heterocycles. The Morgan fingerprint density at radius 2 is 1.85 bits per heavy atom. The number of sulfonamides is 1. The van der Waals surface area contributed by atoms with Gasteiger partial charge in [-0.15, -0.1) is 0 Å². The van der Waals surface area contributed by atoms with Crippen molar-refractivity contribution in [3.63, 3.8) is 0 Å². The summed E-state index contributed by atoms with van der Waals surface area (Å²) >= 11 is 0. The third-order valence-electron chi connectivity index (χ3n) is 6.11. The molecule has 34 heavy (non-hydrogen) atoms. The molecule has 5 rings (SSSR count). The van der Waals surface area contributed by atoms with Gasteiger partial charge in [0.05, 0.1) is 10.6 Å². The number of fused-ring (bicyclic) bond motifs is 1. The number of benzene rings is 2. The quantitative estimate of drug-likeness (QED) is 0.475. The highest BCUT2D eigenvalue weighted by atomic mass is 32.2. The zero-order valence-corrected chi connectivity index (χ0v) is 19.4. The molecule has 1 aliphatic carbocycles. The molecule has 0 bridgehead atoms. The molecule has 1 amide bonds. The van der Waals surface area contributed by atoms with Crippen LogP contribution in [-0.4, -0.2) is 37.4 Å². The van der Waals surface area contributed by atoms with Crippen molar-refractivity contribution >= 4 is 15.9 Å². The molecule has 0 spiro atoms. The average Bonchev–Trinajstić information content (AvgIpc) is 3.54. The van der Waals surface area contributed by atoms with Crippen LogP contribution in [0.25, 0.3) is 11.3 Å². The predicted molar refractivity (Wildman–Crippen MR) is 125 cm³/mol. The average molecular weight is 483 g/mol. The highest BCUT2D eigenvalue weighted by Crippen LogP contribution is 2.32. The standard InChI is InChI=1S/C24H26N4O5S/c29-24(25-14-16-6-7-22-23(10-16)33-15-32-22)18-11-17(21-8-9-26-27-21)12-20(13-18)34(30,31)28-19-4-2-1-3-5-19/h6-13,19,28H,1-5,14-15H2,(H,25,29)(H,26,27).